The number of benzene rings is 1. The first-order valence-electron chi connectivity index (χ1n) is 6.67. The molecule has 106 valence electrons. The summed E-state index contributed by atoms with van der Waals surface area (Å²) in [4.78, 5) is 0. The quantitative estimate of drug-likeness (QED) is 0.909. The molecule has 0 radical (unpaired) electrons. The Morgan fingerprint density at radius 1 is 1.47 bits per heavy atom. The van der Waals surface area contributed by atoms with Gasteiger partial charge in [0.1, 0.15) is 5.82 Å². The molecule has 1 saturated heterocycles. The summed E-state index contributed by atoms with van der Waals surface area (Å²) in [6, 6.07) is 4.77. The first kappa shape index (κ1) is 14.4. The minimum atomic E-state index is -0.206. The van der Waals surface area contributed by atoms with Crippen molar-refractivity contribution in [3.8, 4) is 0 Å². The van der Waals surface area contributed by atoms with Gasteiger partial charge in [-0.15, -0.1) is 0 Å². The highest BCUT2D eigenvalue weighted by Crippen LogP contribution is 2.16. The van der Waals surface area contributed by atoms with Crippen LogP contribution in [-0.2, 0) is 16.1 Å². The molecule has 1 fully saturated rings. The Kier molecular flexibility index (Phi) is 4.55. The second-order valence-electron chi connectivity index (χ2n) is 5.72. The molecule has 3 nitrogen and oxygen atoms in total. The van der Waals surface area contributed by atoms with Gasteiger partial charge in [-0.3, -0.25) is 0 Å². The van der Waals surface area contributed by atoms with E-state index in [-0.39, 0.29) is 17.5 Å². The van der Waals surface area contributed by atoms with Gasteiger partial charge >= 0.3 is 0 Å². The van der Waals surface area contributed by atoms with Crippen LogP contribution in [0.15, 0.2) is 18.2 Å². The predicted molar refractivity (Wildman–Crippen MR) is 72.6 cm³/mol. The number of nitrogens with one attached hydrogen (secondary N) is 1. The monoisotopic (exact) mass is 267 g/mol. The van der Waals surface area contributed by atoms with Gasteiger partial charge in [-0.2, -0.15) is 0 Å². The van der Waals surface area contributed by atoms with Gasteiger partial charge in [-0.25, -0.2) is 4.39 Å². The zero-order valence-corrected chi connectivity index (χ0v) is 11.8. The maximum Gasteiger partial charge on any atom is 0.123 e. The number of rotatable bonds is 4. The molecule has 4 heteroatoms. The van der Waals surface area contributed by atoms with Gasteiger partial charge in [-0.1, -0.05) is 6.07 Å². The van der Waals surface area contributed by atoms with Gasteiger partial charge in [0.2, 0.25) is 0 Å². The lowest BCUT2D eigenvalue weighted by molar-refractivity contribution is -0.122. The van der Waals surface area contributed by atoms with Gasteiger partial charge in [0.15, 0.2) is 0 Å². The van der Waals surface area contributed by atoms with Crippen LogP contribution in [-0.4, -0.2) is 31.4 Å². The van der Waals surface area contributed by atoms with E-state index in [2.05, 4.69) is 19.2 Å². The third-order valence-corrected chi connectivity index (χ3v) is 3.27. The number of aryl methyl sites for hydroxylation is 1. The smallest absolute Gasteiger partial charge is 0.123 e. The molecule has 1 aliphatic heterocycles. The van der Waals surface area contributed by atoms with Gasteiger partial charge < -0.3 is 14.8 Å². The Balaban J connectivity index is 1.80. The number of morpholine rings is 1. The first-order chi connectivity index (χ1) is 8.96. The van der Waals surface area contributed by atoms with Crippen LogP contribution in [0.4, 0.5) is 4.39 Å². The van der Waals surface area contributed by atoms with Gasteiger partial charge in [0.05, 0.1) is 24.9 Å². The molecule has 0 aliphatic carbocycles. The first-order valence-corrected chi connectivity index (χ1v) is 6.67. The molecule has 0 bridgehead atoms. The summed E-state index contributed by atoms with van der Waals surface area (Å²) in [5, 5.41) is 3.34. The van der Waals surface area contributed by atoms with E-state index in [4.69, 9.17) is 9.47 Å². The Morgan fingerprint density at radius 2 is 2.26 bits per heavy atom. The van der Waals surface area contributed by atoms with Crippen LogP contribution in [0.3, 0.4) is 0 Å². The molecule has 19 heavy (non-hydrogen) atoms. The van der Waals surface area contributed by atoms with Crippen LogP contribution in [0, 0.1) is 12.7 Å². The Labute approximate surface area is 114 Å². The van der Waals surface area contributed by atoms with Crippen LogP contribution in [0.5, 0.6) is 0 Å². The van der Waals surface area contributed by atoms with E-state index in [0.29, 0.717) is 13.2 Å². The van der Waals surface area contributed by atoms with Crippen LogP contribution in [0.25, 0.3) is 0 Å². The Morgan fingerprint density at radius 3 is 2.95 bits per heavy atom. The summed E-state index contributed by atoms with van der Waals surface area (Å²) in [5.41, 5.74) is 1.80. The summed E-state index contributed by atoms with van der Waals surface area (Å²) < 4.78 is 24.6. The Hall–Kier alpha value is -0.970. The van der Waals surface area contributed by atoms with E-state index in [0.717, 1.165) is 24.2 Å². The highest BCUT2D eigenvalue weighted by Gasteiger charge is 2.28. The minimum Gasteiger partial charge on any atom is -0.374 e. The molecule has 1 aliphatic rings. The summed E-state index contributed by atoms with van der Waals surface area (Å²) in [5.74, 6) is -0.206. The normalized spacial score (nSPS) is 22.4. The molecule has 1 atom stereocenters. The van der Waals surface area contributed by atoms with Crippen molar-refractivity contribution in [3.63, 3.8) is 0 Å². The van der Waals surface area contributed by atoms with Crippen molar-refractivity contribution in [2.45, 2.75) is 39.1 Å². The summed E-state index contributed by atoms with van der Waals surface area (Å²) >= 11 is 0. The second-order valence-corrected chi connectivity index (χ2v) is 5.72. The lowest BCUT2D eigenvalue weighted by Crippen LogP contribution is -2.51. The fourth-order valence-corrected chi connectivity index (χ4v) is 2.28. The number of halogens is 1. The average Bonchev–Trinajstić information content (AvgIpc) is 2.31. The van der Waals surface area contributed by atoms with Crippen molar-refractivity contribution >= 4 is 0 Å². The van der Waals surface area contributed by atoms with Crippen LogP contribution >= 0.6 is 0 Å². The molecule has 1 N–H and O–H groups in total. The summed E-state index contributed by atoms with van der Waals surface area (Å²) in [6.45, 7) is 8.74. The topological polar surface area (TPSA) is 30.5 Å². The standard InChI is InChI=1S/C15H22FNO2/c1-11-6-13(16)5-4-12(11)8-18-9-14-7-17-10-15(2,3)19-14/h4-6,14,17H,7-10H2,1-3H3. The second kappa shape index (κ2) is 5.99. The molecule has 0 saturated carbocycles. The van der Waals surface area contributed by atoms with Crippen molar-refractivity contribution in [2.75, 3.05) is 19.7 Å². The third-order valence-electron chi connectivity index (χ3n) is 3.27. The average molecular weight is 267 g/mol. The van der Waals surface area contributed by atoms with Gasteiger partial charge in [-0.05, 0) is 44.0 Å². The fourth-order valence-electron chi connectivity index (χ4n) is 2.28. The molecule has 1 aromatic carbocycles. The maximum absolute atomic E-state index is 13.0. The fraction of sp³-hybridized carbons (Fsp3) is 0.600. The SMILES string of the molecule is Cc1cc(F)ccc1COCC1CNCC(C)(C)O1. The third kappa shape index (κ3) is 4.27. The molecule has 1 unspecified atom stereocenters. The lowest BCUT2D eigenvalue weighted by atomic mass is 10.1. The van der Waals surface area contributed by atoms with Crippen molar-refractivity contribution in [1.29, 1.82) is 0 Å². The van der Waals surface area contributed by atoms with E-state index in [1.165, 1.54) is 12.1 Å². The van der Waals surface area contributed by atoms with E-state index in [1.807, 2.05) is 6.92 Å². The maximum atomic E-state index is 13.0. The van der Waals surface area contributed by atoms with Crippen molar-refractivity contribution in [3.05, 3.63) is 35.1 Å². The zero-order chi connectivity index (χ0) is 13.9. The van der Waals surface area contributed by atoms with Crippen molar-refractivity contribution in [1.82, 2.24) is 5.32 Å². The van der Waals surface area contributed by atoms with E-state index in [1.54, 1.807) is 6.07 Å². The molecule has 1 heterocycles. The highest BCUT2D eigenvalue weighted by atomic mass is 19.1. The molecular formula is C15H22FNO2. The summed E-state index contributed by atoms with van der Waals surface area (Å²) in [6.07, 6.45) is 0.0736. The van der Waals surface area contributed by atoms with Crippen molar-refractivity contribution < 1.29 is 13.9 Å². The number of hydrogen-bond donors (Lipinski definition) is 1. The van der Waals surface area contributed by atoms with Crippen LogP contribution < -0.4 is 5.32 Å². The molecule has 1 aromatic rings. The summed E-state index contributed by atoms with van der Waals surface area (Å²) in [7, 11) is 0. The van der Waals surface area contributed by atoms with E-state index in [9.17, 15) is 4.39 Å². The molecule has 0 aromatic heterocycles. The molecular weight excluding hydrogens is 245 g/mol. The van der Waals surface area contributed by atoms with Crippen LogP contribution in [0.1, 0.15) is 25.0 Å². The number of hydrogen-bond acceptors (Lipinski definition) is 3. The van der Waals surface area contributed by atoms with E-state index < -0.39 is 0 Å². The highest BCUT2D eigenvalue weighted by molar-refractivity contribution is 5.25. The largest absolute Gasteiger partial charge is 0.374 e. The van der Waals surface area contributed by atoms with E-state index >= 15 is 0 Å². The molecule has 2 rings (SSSR count). The minimum absolute atomic E-state index is 0.0736. The predicted octanol–water partition coefficient (Wildman–Crippen LogP) is 2.42. The molecule has 0 amide bonds. The lowest BCUT2D eigenvalue weighted by Gasteiger charge is -2.36. The van der Waals surface area contributed by atoms with Crippen molar-refractivity contribution in [2.24, 2.45) is 0 Å². The molecule has 0 spiro atoms. The number of ether oxygens (including phenoxy) is 2. The zero-order valence-electron chi connectivity index (χ0n) is 11.8. The van der Waals surface area contributed by atoms with Gasteiger partial charge in [0, 0.05) is 13.1 Å². The van der Waals surface area contributed by atoms with Gasteiger partial charge in [0.25, 0.3) is 0 Å². The Bertz CT molecular complexity index is 434. The van der Waals surface area contributed by atoms with Crippen LogP contribution in [0.2, 0.25) is 0 Å².